The molecule has 3 heteroatoms. The van der Waals surface area contributed by atoms with E-state index in [1.54, 1.807) is 50.4 Å². The van der Waals surface area contributed by atoms with Crippen molar-refractivity contribution in [1.29, 1.82) is 0 Å². The van der Waals surface area contributed by atoms with Crippen LogP contribution in [-0.2, 0) is 0 Å². The minimum absolute atomic E-state index is 0.149. The zero-order chi connectivity index (χ0) is 15.9. The Morgan fingerprint density at radius 1 is 0.684 bits per heavy atom. The van der Waals surface area contributed by atoms with E-state index in [2.05, 4.69) is 13.8 Å². The second kappa shape index (κ2) is 15.1. The van der Waals surface area contributed by atoms with Crippen LogP contribution in [0.2, 0.25) is 8.87 Å². The van der Waals surface area contributed by atoms with Gasteiger partial charge in [-0.1, -0.05) is 41.5 Å². The van der Waals surface area contributed by atoms with Gasteiger partial charge in [-0.05, 0) is 0 Å². The van der Waals surface area contributed by atoms with Crippen LogP contribution in [0.25, 0.3) is 0 Å². The van der Waals surface area contributed by atoms with Crippen molar-refractivity contribution in [2.75, 3.05) is 0 Å². The van der Waals surface area contributed by atoms with E-state index >= 15 is 0 Å². The van der Waals surface area contributed by atoms with Gasteiger partial charge >= 0.3 is 69.5 Å². The molecular formula is C16H36O2Sn. The van der Waals surface area contributed by atoms with Gasteiger partial charge in [-0.15, -0.1) is 11.2 Å². The van der Waals surface area contributed by atoms with E-state index in [9.17, 15) is 10.2 Å². The Kier molecular flexibility index (Phi) is 19.7. The molecule has 0 aliphatic heterocycles. The topological polar surface area (TPSA) is 46.1 Å². The van der Waals surface area contributed by atoms with Crippen molar-refractivity contribution >= 4 is 21.1 Å². The van der Waals surface area contributed by atoms with E-state index in [0.717, 1.165) is 0 Å². The third-order valence-corrected chi connectivity index (χ3v) is 5.45. The molecule has 19 heavy (non-hydrogen) atoms. The second-order valence-corrected chi connectivity index (χ2v) is 11.0. The zero-order valence-corrected chi connectivity index (χ0v) is 17.4. The Morgan fingerprint density at radius 3 is 1.05 bits per heavy atom. The van der Waals surface area contributed by atoms with Crippen LogP contribution in [0.15, 0.2) is 0 Å². The molecule has 116 valence electrons. The van der Waals surface area contributed by atoms with Crippen LogP contribution >= 0.6 is 0 Å². The molecule has 0 amide bonds. The Hall–Kier alpha value is 0.719. The SMILES string of the molecule is CC(C)(C)[O-].CC(C)(C)[O-].CCC[CH2][Sn+2][CH2]CCC. The third kappa shape index (κ3) is 116. The summed E-state index contributed by atoms with van der Waals surface area (Å²) in [5.41, 5.74) is -1.50. The maximum absolute atomic E-state index is 10.1. The molecule has 0 aromatic heterocycles. The van der Waals surface area contributed by atoms with Gasteiger partial charge < -0.3 is 10.2 Å². The van der Waals surface area contributed by atoms with Gasteiger partial charge in [0.25, 0.3) is 0 Å². The molecule has 0 aromatic carbocycles. The summed E-state index contributed by atoms with van der Waals surface area (Å²) in [6, 6.07) is 0. The normalized spacial score (nSPS) is 10.6. The van der Waals surface area contributed by atoms with Crippen LogP contribution in [-0.4, -0.2) is 32.3 Å². The minimum atomic E-state index is -0.750. The summed E-state index contributed by atoms with van der Waals surface area (Å²) in [5.74, 6) is 0. The molecule has 0 aromatic rings. The molecule has 0 aliphatic rings. The Balaban J connectivity index is -0.000000219. The number of hydrogen-bond acceptors (Lipinski definition) is 2. The fraction of sp³-hybridized carbons (Fsp3) is 1.00. The van der Waals surface area contributed by atoms with Gasteiger partial charge in [0.2, 0.25) is 0 Å². The molecule has 2 nitrogen and oxygen atoms in total. The fourth-order valence-electron chi connectivity index (χ4n) is 0.729. The second-order valence-electron chi connectivity index (χ2n) is 6.68. The molecule has 0 N–H and O–H groups in total. The molecule has 0 aliphatic carbocycles. The van der Waals surface area contributed by atoms with E-state index in [1.165, 1.54) is 25.7 Å². The predicted octanol–water partition coefficient (Wildman–Crippen LogP) is 3.42. The molecule has 0 unspecified atom stereocenters. The van der Waals surface area contributed by atoms with E-state index in [1.807, 2.05) is 0 Å². The molecule has 0 saturated heterocycles. The fourth-order valence-corrected chi connectivity index (χ4v) is 4.89. The molecule has 0 saturated carbocycles. The van der Waals surface area contributed by atoms with Crippen molar-refractivity contribution < 1.29 is 10.2 Å². The molecule has 0 radical (unpaired) electrons. The van der Waals surface area contributed by atoms with Gasteiger partial charge in [-0.2, -0.15) is 0 Å². The maximum atomic E-state index is 10.1. The van der Waals surface area contributed by atoms with Crippen molar-refractivity contribution in [1.82, 2.24) is 0 Å². The van der Waals surface area contributed by atoms with Gasteiger partial charge in [0.05, 0.1) is 0 Å². The number of unbranched alkanes of at least 4 members (excludes halogenated alkanes) is 2. The molecular weight excluding hydrogens is 343 g/mol. The summed E-state index contributed by atoms with van der Waals surface area (Å²) >= 11 is 0.149. The standard InChI is InChI=1S/2C4H9O.2C4H9.Sn/c2*1-4(2,3)5;2*1-3-4-2;/h2*1-3H3;2*1,3-4H2,2H3;/q2*-1;;;+2. The summed E-state index contributed by atoms with van der Waals surface area (Å²) < 4.78 is 3.25. The Labute approximate surface area is 132 Å². The van der Waals surface area contributed by atoms with Gasteiger partial charge in [0.15, 0.2) is 0 Å². The van der Waals surface area contributed by atoms with Crippen molar-refractivity contribution in [3.63, 3.8) is 0 Å². The van der Waals surface area contributed by atoms with Gasteiger partial charge in [0, 0.05) is 0 Å². The van der Waals surface area contributed by atoms with Crippen molar-refractivity contribution in [2.45, 2.75) is 101 Å². The molecule has 0 rings (SSSR count). The number of hydrogen-bond donors (Lipinski definition) is 0. The van der Waals surface area contributed by atoms with E-state index < -0.39 is 11.2 Å². The molecule has 0 fully saturated rings. The van der Waals surface area contributed by atoms with Crippen LogP contribution in [0.4, 0.5) is 0 Å². The van der Waals surface area contributed by atoms with Crippen LogP contribution in [0.1, 0.15) is 81.1 Å². The summed E-state index contributed by atoms with van der Waals surface area (Å²) in [6.07, 6.45) is 5.84. The van der Waals surface area contributed by atoms with E-state index in [4.69, 9.17) is 0 Å². The third-order valence-electron chi connectivity index (χ3n) is 1.41. The monoisotopic (exact) mass is 380 g/mol. The zero-order valence-electron chi connectivity index (χ0n) is 14.6. The van der Waals surface area contributed by atoms with Crippen LogP contribution in [0.3, 0.4) is 0 Å². The van der Waals surface area contributed by atoms with Gasteiger partial charge in [-0.3, -0.25) is 0 Å². The first kappa shape index (κ1) is 24.7. The van der Waals surface area contributed by atoms with Crippen molar-refractivity contribution in [2.24, 2.45) is 0 Å². The molecule has 0 atom stereocenters. The van der Waals surface area contributed by atoms with Crippen molar-refractivity contribution in [3.05, 3.63) is 0 Å². The van der Waals surface area contributed by atoms with E-state index in [0.29, 0.717) is 0 Å². The summed E-state index contributed by atoms with van der Waals surface area (Å²) in [6.45, 7) is 14.4. The Morgan fingerprint density at radius 2 is 0.895 bits per heavy atom. The summed E-state index contributed by atoms with van der Waals surface area (Å²) in [7, 11) is 0. The molecule has 0 spiro atoms. The quantitative estimate of drug-likeness (QED) is 0.525. The average Bonchev–Trinajstić information content (AvgIpc) is 2.12. The molecule has 0 heterocycles. The summed E-state index contributed by atoms with van der Waals surface area (Å²) in [4.78, 5) is 0. The first-order valence-electron chi connectivity index (χ1n) is 7.53. The van der Waals surface area contributed by atoms with Gasteiger partial charge in [-0.25, -0.2) is 0 Å². The first-order chi connectivity index (χ1) is 8.41. The average molecular weight is 379 g/mol. The Bertz CT molecular complexity index is 127. The first-order valence-corrected chi connectivity index (χ1v) is 11.6. The van der Waals surface area contributed by atoms with Crippen LogP contribution in [0.5, 0.6) is 0 Å². The van der Waals surface area contributed by atoms with Crippen molar-refractivity contribution in [3.8, 4) is 0 Å². The predicted molar refractivity (Wildman–Crippen MR) is 84.7 cm³/mol. The van der Waals surface area contributed by atoms with Gasteiger partial charge in [0.1, 0.15) is 0 Å². The molecule has 0 bridgehead atoms. The summed E-state index contributed by atoms with van der Waals surface area (Å²) in [5, 5.41) is 20.2. The number of rotatable bonds is 6. The van der Waals surface area contributed by atoms with Crippen LogP contribution in [0, 0.1) is 0 Å². The van der Waals surface area contributed by atoms with Crippen LogP contribution < -0.4 is 10.2 Å². The van der Waals surface area contributed by atoms with E-state index in [-0.39, 0.29) is 21.1 Å².